The summed E-state index contributed by atoms with van der Waals surface area (Å²) in [5.41, 5.74) is 5.97. The van der Waals surface area contributed by atoms with Gasteiger partial charge in [0.1, 0.15) is 0 Å². The van der Waals surface area contributed by atoms with Crippen molar-refractivity contribution in [3.8, 4) is 0 Å². The summed E-state index contributed by atoms with van der Waals surface area (Å²) in [6.07, 6.45) is 5.29. The van der Waals surface area contributed by atoms with Gasteiger partial charge in [-0.1, -0.05) is 13.8 Å². The fourth-order valence-electron chi connectivity index (χ4n) is 2.64. The van der Waals surface area contributed by atoms with E-state index in [2.05, 4.69) is 32.6 Å². The third kappa shape index (κ3) is 4.42. The molecule has 1 aliphatic heterocycles. The van der Waals surface area contributed by atoms with Gasteiger partial charge < -0.3 is 10.6 Å². The molecule has 0 amide bonds. The van der Waals surface area contributed by atoms with E-state index >= 15 is 0 Å². The van der Waals surface area contributed by atoms with Gasteiger partial charge in [0.05, 0.1) is 0 Å². The highest BCUT2D eigenvalue weighted by Crippen LogP contribution is 2.22. The van der Waals surface area contributed by atoms with E-state index in [9.17, 15) is 0 Å². The van der Waals surface area contributed by atoms with Gasteiger partial charge in [0.2, 0.25) is 0 Å². The quantitative estimate of drug-likeness (QED) is 0.781. The van der Waals surface area contributed by atoms with Gasteiger partial charge in [-0.05, 0) is 64.5 Å². The van der Waals surface area contributed by atoms with Crippen LogP contribution in [0.3, 0.4) is 0 Å². The Morgan fingerprint density at radius 1 is 1.06 bits per heavy atom. The summed E-state index contributed by atoms with van der Waals surface area (Å²) in [4.78, 5) is 2.65. The predicted molar refractivity (Wildman–Crippen MR) is 71.5 cm³/mol. The topological polar surface area (TPSA) is 29.3 Å². The van der Waals surface area contributed by atoms with Gasteiger partial charge in [0, 0.05) is 12.1 Å². The zero-order valence-corrected chi connectivity index (χ0v) is 11.6. The van der Waals surface area contributed by atoms with E-state index in [1.165, 1.54) is 38.8 Å². The largest absolute Gasteiger partial charge is 0.328 e. The summed E-state index contributed by atoms with van der Waals surface area (Å²) in [6, 6.07) is 1.14. The standard InChI is InChI=1S/C14H30N2/c1-11(2)5-6-12(3)16-9-7-14(8-10-16)13(4)15/h11-14H,5-10,15H2,1-4H3. The van der Waals surface area contributed by atoms with E-state index in [1.807, 2.05) is 0 Å². The monoisotopic (exact) mass is 226 g/mol. The zero-order valence-electron chi connectivity index (χ0n) is 11.6. The molecule has 0 radical (unpaired) electrons. The Bertz CT molecular complexity index is 181. The van der Waals surface area contributed by atoms with Crippen molar-refractivity contribution in [2.45, 2.75) is 65.5 Å². The Morgan fingerprint density at radius 2 is 1.62 bits per heavy atom. The molecule has 16 heavy (non-hydrogen) atoms. The highest BCUT2D eigenvalue weighted by Gasteiger charge is 2.24. The van der Waals surface area contributed by atoms with Crippen LogP contribution in [-0.4, -0.2) is 30.1 Å². The van der Waals surface area contributed by atoms with Crippen LogP contribution in [0.2, 0.25) is 0 Å². The summed E-state index contributed by atoms with van der Waals surface area (Å²) in [6.45, 7) is 11.7. The van der Waals surface area contributed by atoms with Gasteiger partial charge in [-0.2, -0.15) is 0 Å². The van der Waals surface area contributed by atoms with E-state index in [-0.39, 0.29) is 0 Å². The molecule has 0 saturated carbocycles. The first kappa shape index (κ1) is 14.0. The molecule has 2 nitrogen and oxygen atoms in total. The Balaban J connectivity index is 2.24. The summed E-state index contributed by atoms with van der Waals surface area (Å²) < 4.78 is 0. The maximum atomic E-state index is 5.97. The molecule has 2 atom stereocenters. The molecule has 1 saturated heterocycles. The Hall–Kier alpha value is -0.0800. The molecule has 1 aliphatic rings. The van der Waals surface area contributed by atoms with Crippen molar-refractivity contribution in [1.29, 1.82) is 0 Å². The summed E-state index contributed by atoms with van der Waals surface area (Å²) >= 11 is 0. The van der Waals surface area contributed by atoms with Crippen molar-refractivity contribution < 1.29 is 0 Å². The SMILES string of the molecule is CC(C)CCC(C)N1CCC(C(C)N)CC1. The van der Waals surface area contributed by atoms with Crippen LogP contribution >= 0.6 is 0 Å². The minimum atomic E-state index is 0.383. The predicted octanol–water partition coefficient (Wildman–Crippen LogP) is 2.87. The van der Waals surface area contributed by atoms with Gasteiger partial charge in [-0.15, -0.1) is 0 Å². The van der Waals surface area contributed by atoms with Crippen LogP contribution in [0.25, 0.3) is 0 Å². The third-order valence-electron chi connectivity index (χ3n) is 4.10. The first-order valence-corrected chi connectivity index (χ1v) is 7.00. The average Bonchev–Trinajstić information content (AvgIpc) is 2.26. The summed E-state index contributed by atoms with van der Waals surface area (Å²) in [7, 11) is 0. The van der Waals surface area contributed by atoms with Crippen LogP contribution in [0.5, 0.6) is 0 Å². The Kier molecular flexibility index (Phi) is 5.77. The second-order valence-electron chi connectivity index (χ2n) is 6.05. The van der Waals surface area contributed by atoms with Crippen molar-refractivity contribution in [2.24, 2.45) is 17.6 Å². The molecule has 1 fully saturated rings. The number of hydrogen-bond acceptors (Lipinski definition) is 2. The van der Waals surface area contributed by atoms with E-state index < -0.39 is 0 Å². The molecule has 2 unspecified atom stereocenters. The third-order valence-corrected chi connectivity index (χ3v) is 4.10. The first-order chi connectivity index (χ1) is 7.50. The number of rotatable bonds is 5. The van der Waals surface area contributed by atoms with E-state index in [0.29, 0.717) is 6.04 Å². The van der Waals surface area contributed by atoms with Crippen LogP contribution in [0.4, 0.5) is 0 Å². The molecule has 1 rings (SSSR count). The molecule has 0 spiro atoms. The number of nitrogens with two attached hydrogens (primary N) is 1. The van der Waals surface area contributed by atoms with Gasteiger partial charge in [-0.25, -0.2) is 0 Å². The van der Waals surface area contributed by atoms with Crippen LogP contribution in [0.1, 0.15) is 53.4 Å². The highest BCUT2D eigenvalue weighted by atomic mass is 15.2. The van der Waals surface area contributed by atoms with Crippen molar-refractivity contribution >= 4 is 0 Å². The summed E-state index contributed by atoms with van der Waals surface area (Å²) in [5.74, 6) is 1.60. The molecule has 1 heterocycles. The minimum Gasteiger partial charge on any atom is -0.328 e. The lowest BCUT2D eigenvalue weighted by atomic mass is 9.90. The second kappa shape index (κ2) is 6.61. The van der Waals surface area contributed by atoms with E-state index in [1.54, 1.807) is 0 Å². The van der Waals surface area contributed by atoms with Crippen LogP contribution in [-0.2, 0) is 0 Å². The molecule has 2 N–H and O–H groups in total. The molecular weight excluding hydrogens is 196 g/mol. The van der Waals surface area contributed by atoms with Crippen LogP contribution in [0, 0.1) is 11.8 Å². The highest BCUT2D eigenvalue weighted by molar-refractivity contribution is 4.80. The maximum Gasteiger partial charge on any atom is 0.00670 e. The van der Waals surface area contributed by atoms with Crippen molar-refractivity contribution in [2.75, 3.05) is 13.1 Å². The Labute approximate surface area is 102 Å². The molecule has 0 aromatic rings. The Morgan fingerprint density at radius 3 is 2.06 bits per heavy atom. The molecule has 0 aliphatic carbocycles. The van der Waals surface area contributed by atoms with Gasteiger partial charge in [0.15, 0.2) is 0 Å². The van der Waals surface area contributed by atoms with E-state index in [0.717, 1.165) is 17.9 Å². The van der Waals surface area contributed by atoms with Gasteiger partial charge in [0.25, 0.3) is 0 Å². The normalized spacial score (nSPS) is 23.6. The zero-order chi connectivity index (χ0) is 12.1. The lowest BCUT2D eigenvalue weighted by molar-refractivity contribution is 0.124. The van der Waals surface area contributed by atoms with Crippen molar-refractivity contribution in [3.63, 3.8) is 0 Å². The van der Waals surface area contributed by atoms with Crippen molar-refractivity contribution in [1.82, 2.24) is 4.90 Å². The number of nitrogens with zero attached hydrogens (tertiary/aromatic N) is 1. The fourth-order valence-corrected chi connectivity index (χ4v) is 2.64. The average molecular weight is 226 g/mol. The number of likely N-dealkylation sites (tertiary alicyclic amines) is 1. The van der Waals surface area contributed by atoms with E-state index in [4.69, 9.17) is 5.73 Å². The first-order valence-electron chi connectivity index (χ1n) is 7.00. The van der Waals surface area contributed by atoms with Crippen molar-refractivity contribution in [3.05, 3.63) is 0 Å². The molecule has 96 valence electrons. The van der Waals surface area contributed by atoms with Gasteiger partial charge >= 0.3 is 0 Å². The van der Waals surface area contributed by atoms with Crippen LogP contribution in [0.15, 0.2) is 0 Å². The van der Waals surface area contributed by atoms with Gasteiger partial charge in [-0.3, -0.25) is 0 Å². The molecule has 2 heteroatoms. The summed E-state index contributed by atoms with van der Waals surface area (Å²) in [5, 5.41) is 0. The molecule has 0 bridgehead atoms. The maximum absolute atomic E-state index is 5.97. The smallest absolute Gasteiger partial charge is 0.00670 e. The minimum absolute atomic E-state index is 0.383. The lowest BCUT2D eigenvalue weighted by Crippen LogP contribution is -2.43. The molecule has 0 aromatic heterocycles. The number of hydrogen-bond donors (Lipinski definition) is 1. The molecule has 0 aromatic carbocycles. The molecular formula is C14H30N2. The second-order valence-corrected chi connectivity index (χ2v) is 6.05. The van der Waals surface area contributed by atoms with Crippen LogP contribution < -0.4 is 5.73 Å². The number of piperidine rings is 1. The lowest BCUT2D eigenvalue weighted by Gasteiger charge is -2.37. The fraction of sp³-hybridized carbons (Fsp3) is 1.00.